The molecule has 1 N–H and O–H groups in total. The fourth-order valence-corrected chi connectivity index (χ4v) is 2.49. The predicted molar refractivity (Wildman–Crippen MR) is 66.6 cm³/mol. The maximum atomic E-state index is 10.8. The molecule has 0 saturated heterocycles. The van der Waals surface area contributed by atoms with Crippen molar-refractivity contribution >= 4 is 6.41 Å². The standard InChI is InChI=1S/C14H20NO/c1-11(2)14(12(3)4,15-10-16)13-8-6-5-7-9-13/h5-9,11-12H,1-4H3,(H,15,16). The van der Waals surface area contributed by atoms with E-state index >= 15 is 0 Å². The Bertz CT molecular complexity index is 322. The second-order valence-electron chi connectivity index (χ2n) is 4.77. The Hall–Kier alpha value is -1.31. The first-order valence-corrected chi connectivity index (χ1v) is 5.75. The Morgan fingerprint density at radius 1 is 1.06 bits per heavy atom. The molecule has 0 aromatic heterocycles. The fraction of sp³-hybridized carbons (Fsp3) is 0.500. The maximum Gasteiger partial charge on any atom is 0.310 e. The van der Waals surface area contributed by atoms with Crippen LogP contribution in [0.5, 0.6) is 0 Å². The average Bonchev–Trinajstić information content (AvgIpc) is 2.26. The van der Waals surface area contributed by atoms with Crippen molar-refractivity contribution in [3.05, 3.63) is 35.9 Å². The third kappa shape index (κ3) is 2.11. The summed E-state index contributed by atoms with van der Waals surface area (Å²) in [6.07, 6.45) is 1.87. The summed E-state index contributed by atoms with van der Waals surface area (Å²) in [6, 6.07) is 10.1. The third-order valence-electron chi connectivity index (χ3n) is 3.33. The second-order valence-corrected chi connectivity index (χ2v) is 4.77. The van der Waals surface area contributed by atoms with Crippen molar-refractivity contribution < 1.29 is 4.79 Å². The number of carbonyl (C=O) groups excluding carboxylic acids is 1. The Labute approximate surface area is 98.1 Å². The van der Waals surface area contributed by atoms with E-state index in [2.05, 4.69) is 45.1 Å². The molecule has 0 aliphatic heterocycles. The first kappa shape index (κ1) is 12.8. The third-order valence-corrected chi connectivity index (χ3v) is 3.33. The maximum absolute atomic E-state index is 10.8. The van der Waals surface area contributed by atoms with Crippen LogP contribution >= 0.6 is 0 Å². The van der Waals surface area contributed by atoms with Crippen molar-refractivity contribution in [2.45, 2.75) is 33.2 Å². The van der Waals surface area contributed by atoms with E-state index in [1.807, 2.05) is 24.6 Å². The zero-order chi connectivity index (χ0) is 12.2. The Balaban J connectivity index is 3.27. The van der Waals surface area contributed by atoms with Crippen molar-refractivity contribution in [2.24, 2.45) is 11.8 Å². The molecule has 1 rings (SSSR count). The summed E-state index contributed by atoms with van der Waals surface area (Å²) >= 11 is 0. The van der Waals surface area contributed by atoms with Crippen LogP contribution in [0.1, 0.15) is 33.3 Å². The van der Waals surface area contributed by atoms with Gasteiger partial charge in [0.2, 0.25) is 0 Å². The SMILES string of the molecule is CC(C)C(N[C]=O)(c1ccccc1)C(C)C. The first-order chi connectivity index (χ1) is 7.55. The molecule has 1 aromatic carbocycles. The average molecular weight is 218 g/mol. The summed E-state index contributed by atoms with van der Waals surface area (Å²) in [5.74, 6) is 0.632. The molecule has 0 aliphatic carbocycles. The topological polar surface area (TPSA) is 29.1 Å². The summed E-state index contributed by atoms with van der Waals surface area (Å²) in [4.78, 5) is 10.8. The largest absolute Gasteiger partial charge is 0.338 e. The second kappa shape index (κ2) is 5.15. The Morgan fingerprint density at radius 2 is 1.56 bits per heavy atom. The van der Waals surface area contributed by atoms with Crippen LogP contribution in [0.15, 0.2) is 30.3 Å². The van der Waals surface area contributed by atoms with E-state index in [1.54, 1.807) is 0 Å². The van der Waals surface area contributed by atoms with E-state index in [0.717, 1.165) is 5.56 Å². The highest BCUT2D eigenvalue weighted by Gasteiger charge is 2.38. The summed E-state index contributed by atoms with van der Waals surface area (Å²) < 4.78 is 0. The molecule has 2 heteroatoms. The number of rotatable bonds is 5. The van der Waals surface area contributed by atoms with Gasteiger partial charge in [-0.15, -0.1) is 0 Å². The number of hydrogen-bond donors (Lipinski definition) is 1. The van der Waals surface area contributed by atoms with Crippen LogP contribution in [-0.4, -0.2) is 6.41 Å². The van der Waals surface area contributed by atoms with Crippen molar-refractivity contribution in [3.8, 4) is 0 Å². The van der Waals surface area contributed by atoms with Gasteiger partial charge in [-0.1, -0.05) is 58.0 Å². The molecule has 0 unspecified atom stereocenters. The fourth-order valence-electron chi connectivity index (χ4n) is 2.49. The van der Waals surface area contributed by atoms with E-state index in [9.17, 15) is 4.79 Å². The van der Waals surface area contributed by atoms with Gasteiger partial charge in [0, 0.05) is 0 Å². The highest BCUT2D eigenvalue weighted by atomic mass is 16.1. The molecule has 0 atom stereocenters. The van der Waals surface area contributed by atoms with Crippen LogP contribution in [0, 0.1) is 11.8 Å². The molecule has 0 aliphatic rings. The molecule has 87 valence electrons. The van der Waals surface area contributed by atoms with E-state index in [4.69, 9.17) is 0 Å². The highest BCUT2D eigenvalue weighted by molar-refractivity contribution is 5.51. The summed E-state index contributed by atoms with van der Waals surface area (Å²) in [6.45, 7) is 8.49. The lowest BCUT2D eigenvalue weighted by atomic mass is 9.72. The van der Waals surface area contributed by atoms with Gasteiger partial charge in [-0.05, 0) is 17.4 Å². The van der Waals surface area contributed by atoms with Crippen molar-refractivity contribution in [3.63, 3.8) is 0 Å². The molecular weight excluding hydrogens is 198 g/mol. The van der Waals surface area contributed by atoms with E-state index in [0.29, 0.717) is 11.8 Å². The zero-order valence-corrected chi connectivity index (χ0v) is 10.4. The van der Waals surface area contributed by atoms with Crippen LogP contribution in [0.3, 0.4) is 0 Å². The lowest BCUT2D eigenvalue weighted by Gasteiger charge is -2.41. The van der Waals surface area contributed by atoms with Gasteiger partial charge < -0.3 is 5.32 Å². The number of nitrogens with one attached hydrogen (secondary N) is 1. The van der Waals surface area contributed by atoms with Crippen LogP contribution in [0.2, 0.25) is 0 Å². The summed E-state index contributed by atoms with van der Waals surface area (Å²) in [7, 11) is 0. The highest BCUT2D eigenvalue weighted by Crippen LogP contribution is 2.36. The van der Waals surface area contributed by atoms with E-state index < -0.39 is 0 Å². The molecule has 16 heavy (non-hydrogen) atoms. The van der Waals surface area contributed by atoms with E-state index in [-0.39, 0.29) is 5.54 Å². The van der Waals surface area contributed by atoms with Crippen molar-refractivity contribution in [2.75, 3.05) is 0 Å². The van der Waals surface area contributed by atoms with E-state index in [1.165, 1.54) is 0 Å². The smallest absolute Gasteiger partial charge is 0.310 e. The minimum atomic E-state index is -0.330. The van der Waals surface area contributed by atoms with Crippen molar-refractivity contribution in [1.29, 1.82) is 0 Å². The molecule has 0 bridgehead atoms. The lowest BCUT2D eigenvalue weighted by molar-refractivity contribution is 0.193. The zero-order valence-electron chi connectivity index (χ0n) is 10.4. The molecular formula is C14H20NO. The van der Waals surface area contributed by atoms with Crippen molar-refractivity contribution in [1.82, 2.24) is 5.32 Å². The van der Waals surface area contributed by atoms with Crippen LogP contribution in [0.4, 0.5) is 0 Å². The predicted octanol–water partition coefficient (Wildman–Crippen LogP) is 2.85. The molecule has 0 fully saturated rings. The van der Waals surface area contributed by atoms with Gasteiger partial charge in [-0.3, -0.25) is 4.79 Å². The Kier molecular flexibility index (Phi) is 4.11. The van der Waals surface area contributed by atoms with Crippen LogP contribution in [0.25, 0.3) is 0 Å². The van der Waals surface area contributed by atoms with Gasteiger partial charge in [0.1, 0.15) is 0 Å². The van der Waals surface area contributed by atoms with Gasteiger partial charge in [-0.2, -0.15) is 0 Å². The quantitative estimate of drug-likeness (QED) is 0.756. The molecule has 1 amide bonds. The molecule has 1 aromatic rings. The number of hydrogen-bond acceptors (Lipinski definition) is 1. The Morgan fingerprint density at radius 3 is 1.94 bits per heavy atom. The lowest BCUT2D eigenvalue weighted by Crippen LogP contribution is -2.50. The van der Waals surface area contributed by atoms with Crippen LogP contribution in [-0.2, 0) is 10.3 Å². The van der Waals surface area contributed by atoms with Gasteiger partial charge in [0.05, 0.1) is 5.54 Å². The number of benzene rings is 1. The molecule has 0 spiro atoms. The molecule has 2 nitrogen and oxygen atoms in total. The monoisotopic (exact) mass is 218 g/mol. The minimum Gasteiger partial charge on any atom is -0.338 e. The van der Waals surface area contributed by atoms with Gasteiger partial charge in [-0.25, -0.2) is 0 Å². The van der Waals surface area contributed by atoms with Crippen LogP contribution < -0.4 is 5.32 Å². The minimum absolute atomic E-state index is 0.316. The summed E-state index contributed by atoms with van der Waals surface area (Å²) in [5, 5.41) is 2.91. The molecule has 0 heterocycles. The number of amides is 1. The van der Waals surface area contributed by atoms with Gasteiger partial charge in [0.25, 0.3) is 0 Å². The van der Waals surface area contributed by atoms with Gasteiger partial charge >= 0.3 is 6.41 Å². The summed E-state index contributed by atoms with van der Waals surface area (Å²) in [5.41, 5.74) is 0.812. The molecule has 0 saturated carbocycles. The molecule has 1 radical (unpaired) electrons. The van der Waals surface area contributed by atoms with Gasteiger partial charge in [0.15, 0.2) is 0 Å². The normalized spacial score (nSPS) is 11.9. The first-order valence-electron chi connectivity index (χ1n) is 5.75.